The number of aliphatic hydroxyl groups excluding tert-OH is 1. The lowest BCUT2D eigenvalue weighted by atomic mass is 10.1. The quantitative estimate of drug-likeness (QED) is 0.790. The van der Waals surface area contributed by atoms with Crippen LogP contribution in [-0.4, -0.2) is 36.7 Å². The van der Waals surface area contributed by atoms with Crippen molar-refractivity contribution in [2.45, 2.75) is 43.9 Å². The van der Waals surface area contributed by atoms with Crippen molar-refractivity contribution in [1.29, 1.82) is 0 Å². The van der Waals surface area contributed by atoms with Gasteiger partial charge in [-0.3, -0.25) is 0 Å². The predicted molar refractivity (Wildman–Crippen MR) is 81.8 cm³/mol. The highest BCUT2D eigenvalue weighted by Gasteiger charge is 2.16. The predicted octanol–water partition coefficient (Wildman–Crippen LogP) is 2.43. The average molecular weight is 297 g/mol. The minimum atomic E-state index is -0.280. The van der Waals surface area contributed by atoms with E-state index in [9.17, 15) is 5.11 Å². The Bertz CT molecular complexity index is 451. The smallest absolute Gasteiger partial charge is 0.162 e. The number of rotatable bonds is 6. The van der Waals surface area contributed by atoms with E-state index in [4.69, 9.17) is 9.47 Å². The van der Waals surface area contributed by atoms with Crippen LogP contribution in [0.4, 0.5) is 0 Å². The third kappa shape index (κ3) is 4.04. The number of aliphatic hydroxyl groups is 1. The average Bonchev–Trinajstić information content (AvgIpc) is 2.43. The maximum atomic E-state index is 9.40. The summed E-state index contributed by atoms with van der Waals surface area (Å²) in [6, 6.07) is 4.38. The van der Waals surface area contributed by atoms with Crippen LogP contribution in [0.25, 0.3) is 0 Å². The summed E-state index contributed by atoms with van der Waals surface area (Å²) < 4.78 is 11.2. The standard InChI is InChI=1S/C15H23NO3S/c1-10(6-11(2)17)16-9-12-7-13-14(8-15(12)20-3)19-5-4-18-13/h7-8,10-11,16-17H,4-6,9H2,1-3H3. The molecule has 0 saturated heterocycles. The van der Waals surface area contributed by atoms with Crippen LogP contribution in [0, 0.1) is 0 Å². The molecule has 0 bridgehead atoms. The molecular weight excluding hydrogens is 274 g/mol. The molecule has 0 amide bonds. The second-order valence-electron chi connectivity index (χ2n) is 5.17. The highest BCUT2D eigenvalue weighted by molar-refractivity contribution is 7.98. The lowest BCUT2D eigenvalue weighted by Gasteiger charge is -2.22. The van der Waals surface area contributed by atoms with Crippen LogP contribution in [0.2, 0.25) is 0 Å². The van der Waals surface area contributed by atoms with Crippen molar-refractivity contribution in [3.63, 3.8) is 0 Å². The van der Waals surface area contributed by atoms with Crippen molar-refractivity contribution in [3.8, 4) is 11.5 Å². The van der Waals surface area contributed by atoms with Gasteiger partial charge >= 0.3 is 0 Å². The van der Waals surface area contributed by atoms with Gasteiger partial charge in [0.05, 0.1) is 6.10 Å². The molecule has 0 aliphatic carbocycles. The number of hydrogen-bond acceptors (Lipinski definition) is 5. The van der Waals surface area contributed by atoms with Gasteiger partial charge in [-0.15, -0.1) is 11.8 Å². The van der Waals surface area contributed by atoms with E-state index < -0.39 is 0 Å². The summed E-state index contributed by atoms with van der Waals surface area (Å²) in [5.74, 6) is 1.66. The van der Waals surface area contributed by atoms with Crippen LogP contribution in [0.1, 0.15) is 25.8 Å². The molecule has 2 rings (SSSR count). The first-order chi connectivity index (χ1) is 9.60. The van der Waals surface area contributed by atoms with Crippen LogP contribution < -0.4 is 14.8 Å². The third-order valence-electron chi connectivity index (χ3n) is 3.28. The fourth-order valence-corrected chi connectivity index (χ4v) is 2.94. The lowest BCUT2D eigenvalue weighted by Crippen LogP contribution is -2.29. The number of fused-ring (bicyclic) bond motifs is 1. The Morgan fingerprint density at radius 1 is 1.25 bits per heavy atom. The summed E-state index contributed by atoms with van der Waals surface area (Å²) in [6.07, 6.45) is 2.53. The molecular formula is C15H23NO3S. The van der Waals surface area contributed by atoms with Gasteiger partial charge in [0, 0.05) is 17.5 Å². The Labute approximate surface area is 124 Å². The van der Waals surface area contributed by atoms with Gasteiger partial charge in [-0.05, 0) is 44.2 Å². The first-order valence-corrected chi connectivity index (χ1v) is 8.20. The molecule has 0 aromatic heterocycles. The van der Waals surface area contributed by atoms with E-state index in [1.807, 2.05) is 6.92 Å². The Morgan fingerprint density at radius 3 is 2.50 bits per heavy atom. The molecule has 1 heterocycles. The van der Waals surface area contributed by atoms with Crippen molar-refractivity contribution in [2.24, 2.45) is 0 Å². The normalized spacial score (nSPS) is 16.8. The summed E-state index contributed by atoms with van der Waals surface area (Å²) >= 11 is 1.71. The van der Waals surface area contributed by atoms with Gasteiger partial charge in [0.1, 0.15) is 13.2 Å². The second-order valence-corrected chi connectivity index (χ2v) is 6.02. The van der Waals surface area contributed by atoms with E-state index in [1.54, 1.807) is 11.8 Å². The minimum Gasteiger partial charge on any atom is -0.486 e. The highest BCUT2D eigenvalue weighted by atomic mass is 32.2. The fourth-order valence-electron chi connectivity index (χ4n) is 2.32. The van der Waals surface area contributed by atoms with Crippen molar-refractivity contribution in [1.82, 2.24) is 5.32 Å². The Balaban J connectivity index is 2.06. The van der Waals surface area contributed by atoms with E-state index in [0.717, 1.165) is 24.5 Å². The van der Waals surface area contributed by atoms with E-state index >= 15 is 0 Å². The SMILES string of the molecule is CSc1cc2c(cc1CNC(C)CC(C)O)OCCO2. The molecule has 0 fully saturated rings. The van der Waals surface area contributed by atoms with Crippen molar-refractivity contribution in [3.05, 3.63) is 17.7 Å². The van der Waals surface area contributed by atoms with Crippen molar-refractivity contribution < 1.29 is 14.6 Å². The molecule has 2 atom stereocenters. The van der Waals surface area contributed by atoms with Crippen molar-refractivity contribution in [2.75, 3.05) is 19.5 Å². The zero-order chi connectivity index (χ0) is 14.5. The van der Waals surface area contributed by atoms with E-state index in [0.29, 0.717) is 13.2 Å². The molecule has 5 heteroatoms. The number of nitrogens with one attached hydrogen (secondary N) is 1. The summed E-state index contributed by atoms with van der Waals surface area (Å²) in [5, 5.41) is 12.8. The molecule has 112 valence electrons. The molecule has 1 aromatic rings. The van der Waals surface area contributed by atoms with Gasteiger partial charge in [-0.1, -0.05) is 0 Å². The highest BCUT2D eigenvalue weighted by Crippen LogP contribution is 2.36. The van der Waals surface area contributed by atoms with Gasteiger partial charge < -0.3 is 19.9 Å². The fraction of sp³-hybridized carbons (Fsp3) is 0.600. The summed E-state index contributed by atoms with van der Waals surface area (Å²) in [6.45, 7) is 5.89. The molecule has 0 saturated carbocycles. The Morgan fingerprint density at radius 2 is 1.90 bits per heavy atom. The molecule has 1 aliphatic heterocycles. The topological polar surface area (TPSA) is 50.7 Å². The molecule has 4 nitrogen and oxygen atoms in total. The number of ether oxygens (including phenoxy) is 2. The van der Waals surface area contributed by atoms with Gasteiger partial charge in [0.15, 0.2) is 11.5 Å². The van der Waals surface area contributed by atoms with Gasteiger partial charge in [0.25, 0.3) is 0 Å². The maximum absolute atomic E-state index is 9.40. The summed E-state index contributed by atoms with van der Waals surface area (Å²) in [7, 11) is 0. The van der Waals surface area contributed by atoms with Crippen LogP contribution in [0.15, 0.2) is 17.0 Å². The van der Waals surface area contributed by atoms with Crippen LogP contribution in [0.5, 0.6) is 11.5 Å². The lowest BCUT2D eigenvalue weighted by molar-refractivity contribution is 0.169. The monoisotopic (exact) mass is 297 g/mol. The number of benzene rings is 1. The van der Waals surface area contributed by atoms with Crippen LogP contribution in [-0.2, 0) is 6.54 Å². The Hall–Kier alpha value is -0.910. The molecule has 0 radical (unpaired) electrons. The van der Waals surface area contributed by atoms with E-state index in [-0.39, 0.29) is 12.1 Å². The molecule has 20 heavy (non-hydrogen) atoms. The first kappa shape index (κ1) is 15.5. The van der Waals surface area contributed by atoms with E-state index in [2.05, 4.69) is 30.6 Å². The van der Waals surface area contributed by atoms with E-state index in [1.165, 1.54) is 10.5 Å². The zero-order valence-corrected chi connectivity index (χ0v) is 13.1. The first-order valence-electron chi connectivity index (χ1n) is 6.98. The van der Waals surface area contributed by atoms with Crippen LogP contribution in [0.3, 0.4) is 0 Å². The number of thioether (sulfide) groups is 1. The molecule has 2 N–H and O–H groups in total. The third-order valence-corrected chi connectivity index (χ3v) is 4.10. The molecule has 1 aliphatic rings. The maximum Gasteiger partial charge on any atom is 0.162 e. The second kappa shape index (κ2) is 7.20. The van der Waals surface area contributed by atoms with Gasteiger partial charge in [0.2, 0.25) is 0 Å². The molecule has 0 spiro atoms. The minimum absolute atomic E-state index is 0.276. The van der Waals surface area contributed by atoms with Gasteiger partial charge in [-0.25, -0.2) is 0 Å². The summed E-state index contributed by atoms with van der Waals surface area (Å²) in [4.78, 5) is 1.20. The number of hydrogen-bond donors (Lipinski definition) is 2. The molecule has 2 unspecified atom stereocenters. The van der Waals surface area contributed by atoms with Crippen molar-refractivity contribution >= 4 is 11.8 Å². The Kier molecular flexibility index (Phi) is 5.57. The van der Waals surface area contributed by atoms with Gasteiger partial charge in [-0.2, -0.15) is 0 Å². The summed E-state index contributed by atoms with van der Waals surface area (Å²) in [5.41, 5.74) is 1.21. The molecule has 1 aromatic carbocycles. The largest absolute Gasteiger partial charge is 0.486 e. The van der Waals surface area contributed by atoms with Crippen LogP contribution >= 0.6 is 11.8 Å². The zero-order valence-electron chi connectivity index (χ0n) is 12.3.